The summed E-state index contributed by atoms with van der Waals surface area (Å²) in [6, 6.07) is 13.4. The molecule has 11 nitrogen and oxygen atoms in total. The zero-order chi connectivity index (χ0) is 30.4. The van der Waals surface area contributed by atoms with Crippen LogP contribution in [0.15, 0.2) is 67.0 Å². The molecule has 43 heavy (non-hydrogen) atoms. The lowest BCUT2D eigenvalue weighted by Gasteiger charge is -2.25. The molecule has 2 aromatic heterocycles. The third-order valence-corrected chi connectivity index (χ3v) is 7.78. The number of nitrogens with zero attached hydrogens (tertiary/aromatic N) is 3. The molecule has 0 radical (unpaired) electrons. The van der Waals surface area contributed by atoms with Crippen LogP contribution in [-0.4, -0.2) is 46.9 Å². The lowest BCUT2D eigenvalue weighted by molar-refractivity contribution is -0.133. The maximum Gasteiger partial charge on any atom is 0.254 e. The maximum absolute atomic E-state index is 13.7. The van der Waals surface area contributed by atoms with E-state index in [0.717, 1.165) is 12.8 Å². The van der Waals surface area contributed by atoms with Crippen LogP contribution in [0, 0.1) is 11.2 Å². The highest BCUT2D eigenvalue weighted by molar-refractivity contribution is 6.16. The Kier molecular flexibility index (Phi) is 6.93. The van der Waals surface area contributed by atoms with Crippen LogP contribution in [0.2, 0.25) is 0 Å². The van der Waals surface area contributed by atoms with E-state index in [1.54, 1.807) is 36.5 Å². The van der Waals surface area contributed by atoms with Crippen molar-refractivity contribution >= 4 is 40.1 Å². The van der Waals surface area contributed by atoms with Crippen LogP contribution in [0.4, 0.5) is 15.9 Å². The van der Waals surface area contributed by atoms with Gasteiger partial charge in [0.15, 0.2) is 0 Å². The number of halogens is 1. The standard InChI is InChI=1S/C31H29FN6O5/c1-35-27(39)22-14-21-23(15-25(22)42-17-30(34)9-10-30)36-13-8-24(21)43-20-6-7-26(37-16-20)38(19-4-2-18(32)3-5-19)29(41)31(11-12-31)28(33)40/h2-8,13-16H,9-12,17,34H2,1H3,(H2,33,40)(H,35,39). The number of hydrogen-bond acceptors (Lipinski definition) is 8. The highest BCUT2D eigenvalue weighted by Crippen LogP contribution is 2.49. The lowest BCUT2D eigenvalue weighted by atomic mass is 10.0. The predicted octanol–water partition coefficient (Wildman–Crippen LogP) is 3.72. The fraction of sp³-hybridized carbons (Fsp3) is 0.258. The highest BCUT2D eigenvalue weighted by atomic mass is 19.1. The molecule has 0 atom stereocenters. The van der Waals surface area contributed by atoms with Gasteiger partial charge in [0, 0.05) is 24.7 Å². The number of hydrogen-bond donors (Lipinski definition) is 3. The Balaban J connectivity index is 1.31. The van der Waals surface area contributed by atoms with Crippen LogP contribution < -0.4 is 31.2 Å². The van der Waals surface area contributed by atoms with E-state index in [0.29, 0.717) is 52.2 Å². The average Bonchev–Trinajstić information content (AvgIpc) is 3.94. The van der Waals surface area contributed by atoms with Gasteiger partial charge < -0.3 is 26.3 Å². The third kappa shape index (κ3) is 5.44. The molecule has 2 aliphatic carbocycles. The van der Waals surface area contributed by atoms with E-state index in [1.807, 2.05) is 0 Å². The number of carbonyl (C=O) groups excluding carboxylic acids is 3. The van der Waals surface area contributed by atoms with Crippen molar-refractivity contribution in [1.29, 1.82) is 0 Å². The van der Waals surface area contributed by atoms with Crippen molar-refractivity contribution in [1.82, 2.24) is 15.3 Å². The summed E-state index contributed by atoms with van der Waals surface area (Å²) in [6.45, 7) is 0.286. The minimum Gasteiger partial charge on any atom is -0.491 e. The number of pyridine rings is 2. The quantitative estimate of drug-likeness (QED) is 0.238. The van der Waals surface area contributed by atoms with Gasteiger partial charge in [-0.1, -0.05) is 0 Å². The topological polar surface area (TPSA) is 163 Å². The second-order valence-corrected chi connectivity index (χ2v) is 10.9. The maximum atomic E-state index is 13.7. The number of carbonyl (C=O) groups is 3. The average molecular weight is 585 g/mol. The van der Waals surface area contributed by atoms with E-state index >= 15 is 0 Å². The summed E-state index contributed by atoms with van der Waals surface area (Å²) in [7, 11) is 1.53. The van der Waals surface area contributed by atoms with E-state index < -0.39 is 23.0 Å². The number of rotatable bonds is 10. The van der Waals surface area contributed by atoms with Gasteiger partial charge in [-0.15, -0.1) is 0 Å². The summed E-state index contributed by atoms with van der Waals surface area (Å²) in [5, 5.41) is 3.19. The van der Waals surface area contributed by atoms with E-state index in [2.05, 4.69) is 15.3 Å². The summed E-state index contributed by atoms with van der Waals surface area (Å²) in [5.74, 6) is -0.746. The molecule has 0 saturated heterocycles. The van der Waals surface area contributed by atoms with E-state index in [9.17, 15) is 18.8 Å². The molecular formula is C31H29FN6O5. The summed E-state index contributed by atoms with van der Waals surface area (Å²) in [6.07, 6.45) is 5.37. The van der Waals surface area contributed by atoms with Gasteiger partial charge in [0.25, 0.3) is 5.91 Å². The Labute approximate surface area is 246 Å². The van der Waals surface area contributed by atoms with Gasteiger partial charge in [0.2, 0.25) is 11.8 Å². The number of benzene rings is 2. The lowest BCUT2D eigenvalue weighted by Crippen LogP contribution is -2.41. The monoisotopic (exact) mass is 584 g/mol. The number of anilines is 2. The fourth-order valence-corrected chi connectivity index (χ4v) is 4.74. The minimum atomic E-state index is -1.32. The Bertz CT molecular complexity index is 1740. The smallest absolute Gasteiger partial charge is 0.254 e. The van der Waals surface area contributed by atoms with Crippen molar-refractivity contribution in [3.8, 4) is 17.2 Å². The molecule has 2 aromatic carbocycles. The molecule has 0 spiro atoms. The molecule has 6 rings (SSSR count). The zero-order valence-corrected chi connectivity index (χ0v) is 23.3. The summed E-state index contributed by atoms with van der Waals surface area (Å²) < 4.78 is 25.7. The highest BCUT2D eigenvalue weighted by Gasteiger charge is 2.57. The number of ether oxygens (including phenoxy) is 2. The number of nitrogens with one attached hydrogen (secondary N) is 1. The predicted molar refractivity (Wildman–Crippen MR) is 155 cm³/mol. The van der Waals surface area contributed by atoms with Crippen molar-refractivity contribution in [2.75, 3.05) is 18.6 Å². The number of aromatic nitrogens is 2. The molecule has 220 valence electrons. The Morgan fingerprint density at radius 3 is 2.35 bits per heavy atom. The third-order valence-electron chi connectivity index (χ3n) is 7.78. The molecule has 0 bridgehead atoms. The first kappa shape index (κ1) is 28.0. The van der Waals surface area contributed by atoms with E-state index in [4.69, 9.17) is 20.9 Å². The molecule has 2 saturated carbocycles. The normalized spacial score (nSPS) is 15.8. The van der Waals surface area contributed by atoms with Crippen LogP contribution >= 0.6 is 0 Å². The minimum absolute atomic E-state index is 0.202. The molecule has 12 heteroatoms. The van der Waals surface area contributed by atoms with Crippen molar-refractivity contribution in [3.05, 3.63) is 78.4 Å². The zero-order valence-electron chi connectivity index (χ0n) is 23.3. The number of nitrogens with two attached hydrogens (primary N) is 2. The largest absolute Gasteiger partial charge is 0.491 e. The van der Waals surface area contributed by atoms with Crippen LogP contribution in [-0.2, 0) is 9.59 Å². The van der Waals surface area contributed by atoms with Gasteiger partial charge in [0.1, 0.15) is 40.9 Å². The first-order valence-electron chi connectivity index (χ1n) is 13.7. The van der Waals surface area contributed by atoms with Crippen molar-refractivity contribution < 1.29 is 28.2 Å². The van der Waals surface area contributed by atoms with Crippen molar-refractivity contribution in [2.45, 2.75) is 31.2 Å². The number of primary amides is 1. The molecule has 2 aliphatic rings. The summed E-state index contributed by atoms with van der Waals surface area (Å²) >= 11 is 0. The number of fused-ring (bicyclic) bond motifs is 1. The second kappa shape index (κ2) is 10.6. The van der Waals surface area contributed by atoms with Gasteiger partial charge in [0.05, 0.1) is 28.5 Å². The van der Waals surface area contributed by atoms with Crippen LogP contribution in [0.3, 0.4) is 0 Å². The van der Waals surface area contributed by atoms with Gasteiger partial charge in [-0.2, -0.15) is 0 Å². The SMILES string of the molecule is CNC(=O)c1cc2c(Oc3ccc(N(C(=O)C4(C(N)=O)CC4)c4ccc(F)cc4)nc3)ccnc2cc1OCC1(N)CC1. The first-order valence-corrected chi connectivity index (χ1v) is 13.7. The second-order valence-electron chi connectivity index (χ2n) is 10.9. The molecule has 0 aliphatic heterocycles. The molecule has 4 aromatic rings. The fourth-order valence-electron chi connectivity index (χ4n) is 4.74. The van der Waals surface area contributed by atoms with Gasteiger partial charge >= 0.3 is 0 Å². The number of amides is 3. The molecule has 3 amide bonds. The van der Waals surface area contributed by atoms with Crippen molar-refractivity contribution in [2.24, 2.45) is 16.9 Å². The Hall–Kier alpha value is -5.10. The Morgan fingerprint density at radius 2 is 1.74 bits per heavy atom. The van der Waals surface area contributed by atoms with Gasteiger partial charge in [-0.05, 0) is 74.2 Å². The molecule has 5 N–H and O–H groups in total. The van der Waals surface area contributed by atoms with Crippen LogP contribution in [0.25, 0.3) is 10.9 Å². The van der Waals surface area contributed by atoms with Crippen LogP contribution in [0.1, 0.15) is 36.0 Å². The van der Waals surface area contributed by atoms with Crippen LogP contribution in [0.5, 0.6) is 17.2 Å². The van der Waals surface area contributed by atoms with Crippen molar-refractivity contribution in [3.63, 3.8) is 0 Å². The summed E-state index contributed by atoms with van der Waals surface area (Å²) in [5.41, 5.74) is 11.2. The molecule has 2 heterocycles. The van der Waals surface area contributed by atoms with Gasteiger partial charge in [-0.25, -0.2) is 9.37 Å². The Morgan fingerprint density at radius 1 is 1.00 bits per heavy atom. The van der Waals surface area contributed by atoms with E-state index in [1.165, 1.54) is 42.4 Å². The molecule has 2 fully saturated rings. The molecular weight excluding hydrogens is 555 g/mol. The van der Waals surface area contributed by atoms with E-state index in [-0.39, 0.29) is 23.9 Å². The molecule has 0 unspecified atom stereocenters. The summed E-state index contributed by atoms with van der Waals surface area (Å²) in [4.78, 5) is 48.5. The van der Waals surface area contributed by atoms with Gasteiger partial charge in [-0.3, -0.25) is 24.3 Å². The first-order chi connectivity index (χ1) is 20.6.